The van der Waals surface area contributed by atoms with E-state index in [1.54, 1.807) is 0 Å². The van der Waals surface area contributed by atoms with Gasteiger partial charge in [0.1, 0.15) is 0 Å². The highest BCUT2D eigenvalue weighted by atomic mass is 15.1. The van der Waals surface area contributed by atoms with E-state index >= 15 is 0 Å². The largest absolute Gasteiger partial charge is 0.354 e. The van der Waals surface area contributed by atoms with Gasteiger partial charge in [-0.1, -0.05) is 0 Å². The minimum Gasteiger partial charge on any atom is -0.354 e. The average molecular weight is 204 g/mol. The lowest BCUT2D eigenvalue weighted by Gasteiger charge is -2.03. The molecule has 0 saturated heterocycles. The third kappa shape index (κ3) is 2.10. The topological polar surface area (TPSA) is 59.6 Å². The highest BCUT2D eigenvalue weighted by Crippen LogP contribution is 2.12. The third-order valence-electron chi connectivity index (χ3n) is 2.62. The van der Waals surface area contributed by atoms with E-state index in [1.807, 2.05) is 6.20 Å². The molecule has 0 aromatic carbocycles. The van der Waals surface area contributed by atoms with Crippen LogP contribution in [0.25, 0.3) is 0 Å². The van der Waals surface area contributed by atoms with Crippen LogP contribution in [-0.4, -0.2) is 21.3 Å². The monoisotopic (exact) mass is 204 g/mol. The molecule has 0 atom stereocenters. The van der Waals surface area contributed by atoms with Crippen molar-refractivity contribution >= 4 is 0 Å². The molecule has 0 saturated carbocycles. The van der Waals surface area contributed by atoms with Crippen LogP contribution in [0.5, 0.6) is 0 Å². The zero-order valence-corrected chi connectivity index (χ0v) is 8.90. The van der Waals surface area contributed by atoms with E-state index in [1.165, 1.54) is 11.3 Å². The van der Waals surface area contributed by atoms with E-state index in [2.05, 4.69) is 40.1 Å². The summed E-state index contributed by atoms with van der Waals surface area (Å²) in [6.07, 6.45) is 5.71. The van der Waals surface area contributed by atoms with Crippen LogP contribution in [-0.2, 0) is 19.9 Å². The molecule has 0 amide bonds. The molecule has 0 radical (unpaired) electrons. The van der Waals surface area contributed by atoms with Crippen LogP contribution >= 0.6 is 0 Å². The molecule has 0 bridgehead atoms. The lowest BCUT2D eigenvalue weighted by atomic mass is 10.1. The number of H-pyrrole nitrogens is 1. The number of aromatic amines is 1. The molecule has 4 nitrogen and oxygen atoms in total. The Balaban J connectivity index is 2.17. The Labute approximate surface area is 89.1 Å². The van der Waals surface area contributed by atoms with Gasteiger partial charge in [-0.2, -0.15) is 5.10 Å². The Hall–Kier alpha value is -1.55. The highest BCUT2D eigenvalue weighted by molar-refractivity contribution is 5.24. The first-order valence-electron chi connectivity index (χ1n) is 5.12. The van der Waals surface area contributed by atoms with Crippen LogP contribution in [0.15, 0.2) is 24.5 Å². The summed E-state index contributed by atoms with van der Waals surface area (Å²) in [6.45, 7) is 0.655. The van der Waals surface area contributed by atoms with Gasteiger partial charge in [-0.05, 0) is 24.2 Å². The summed E-state index contributed by atoms with van der Waals surface area (Å²) in [7, 11) is 2.05. The first kappa shape index (κ1) is 9.98. The van der Waals surface area contributed by atoms with Gasteiger partial charge >= 0.3 is 0 Å². The van der Waals surface area contributed by atoms with E-state index in [4.69, 9.17) is 5.73 Å². The van der Waals surface area contributed by atoms with Crippen LogP contribution < -0.4 is 5.73 Å². The molecule has 2 heterocycles. The van der Waals surface area contributed by atoms with Crippen LogP contribution in [0.3, 0.4) is 0 Å². The maximum Gasteiger partial charge on any atom is 0.0526 e. The molecule has 80 valence electrons. The van der Waals surface area contributed by atoms with Crippen molar-refractivity contribution in [3.8, 4) is 0 Å². The Morgan fingerprint density at radius 3 is 3.07 bits per heavy atom. The van der Waals surface area contributed by atoms with Gasteiger partial charge in [0.15, 0.2) is 0 Å². The molecular weight excluding hydrogens is 188 g/mol. The van der Waals surface area contributed by atoms with E-state index < -0.39 is 0 Å². The zero-order valence-electron chi connectivity index (χ0n) is 8.90. The van der Waals surface area contributed by atoms with Crippen molar-refractivity contribution in [3.63, 3.8) is 0 Å². The number of nitrogens with one attached hydrogen (secondary N) is 1. The molecule has 0 spiro atoms. The van der Waals surface area contributed by atoms with Gasteiger partial charge in [0.25, 0.3) is 0 Å². The SMILES string of the molecule is Cn1cccc1Cc1cn[nH]c1CCN. The number of aromatic nitrogens is 3. The molecule has 0 fully saturated rings. The lowest BCUT2D eigenvalue weighted by molar-refractivity contribution is 0.838. The smallest absolute Gasteiger partial charge is 0.0526 e. The van der Waals surface area contributed by atoms with E-state index in [0.717, 1.165) is 18.5 Å². The fraction of sp³-hybridized carbons (Fsp3) is 0.364. The van der Waals surface area contributed by atoms with Crippen molar-refractivity contribution in [2.45, 2.75) is 12.8 Å². The highest BCUT2D eigenvalue weighted by Gasteiger charge is 2.06. The number of rotatable bonds is 4. The van der Waals surface area contributed by atoms with E-state index in [0.29, 0.717) is 6.54 Å². The lowest BCUT2D eigenvalue weighted by Crippen LogP contribution is -2.06. The Kier molecular flexibility index (Phi) is 2.87. The summed E-state index contributed by atoms with van der Waals surface area (Å²) < 4.78 is 2.12. The molecule has 15 heavy (non-hydrogen) atoms. The zero-order chi connectivity index (χ0) is 10.7. The number of aryl methyl sites for hydroxylation is 1. The van der Waals surface area contributed by atoms with Gasteiger partial charge in [-0.3, -0.25) is 5.10 Å². The van der Waals surface area contributed by atoms with Gasteiger partial charge in [0.2, 0.25) is 0 Å². The Morgan fingerprint density at radius 2 is 2.40 bits per heavy atom. The molecule has 2 rings (SSSR count). The van der Waals surface area contributed by atoms with Gasteiger partial charge < -0.3 is 10.3 Å². The predicted molar refractivity (Wildman–Crippen MR) is 59.6 cm³/mol. The number of nitrogens with two attached hydrogens (primary N) is 1. The number of nitrogens with zero attached hydrogens (tertiary/aromatic N) is 2. The van der Waals surface area contributed by atoms with Gasteiger partial charge in [0.05, 0.1) is 6.20 Å². The van der Waals surface area contributed by atoms with Gasteiger partial charge in [0, 0.05) is 37.5 Å². The van der Waals surface area contributed by atoms with Crippen LogP contribution in [0.4, 0.5) is 0 Å². The standard InChI is InChI=1S/C11H16N4/c1-15-6-2-3-10(15)7-9-8-13-14-11(9)4-5-12/h2-3,6,8H,4-5,7,12H2,1H3,(H,13,14). The second-order valence-electron chi connectivity index (χ2n) is 3.70. The third-order valence-corrected chi connectivity index (χ3v) is 2.62. The van der Waals surface area contributed by atoms with E-state index in [9.17, 15) is 0 Å². The fourth-order valence-electron chi connectivity index (χ4n) is 1.73. The Morgan fingerprint density at radius 1 is 1.53 bits per heavy atom. The molecule has 3 N–H and O–H groups in total. The van der Waals surface area contributed by atoms with Crippen molar-refractivity contribution < 1.29 is 0 Å². The maximum absolute atomic E-state index is 5.54. The Bertz CT molecular complexity index is 427. The summed E-state index contributed by atoms with van der Waals surface area (Å²) in [5, 5.41) is 7.06. The molecule has 0 aliphatic carbocycles. The fourth-order valence-corrected chi connectivity index (χ4v) is 1.73. The average Bonchev–Trinajstić information content (AvgIpc) is 2.80. The number of hydrogen-bond acceptors (Lipinski definition) is 2. The molecule has 4 heteroatoms. The maximum atomic E-state index is 5.54. The van der Waals surface area contributed by atoms with Crippen molar-refractivity contribution in [1.29, 1.82) is 0 Å². The molecular formula is C11H16N4. The second-order valence-corrected chi connectivity index (χ2v) is 3.70. The first-order valence-corrected chi connectivity index (χ1v) is 5.12. The van der Waals surface area contributed by atoms with Crippen molar-refractivity contribution in [1.82, 2.24) is 14.8 Å². The summed E-state index contributed by atoms with van der Waals surface area (Å²) in [5.74, 6) is 0. The van der Waals surface area contributed by atoms with Gasteiger partial charge in [-0.25, -0.2) is 0 Å². The quantitative estimate of drug-likeness (QED) is 0.775. The van der Waals surface area contributed by atoms with E-state index in [-0.39, 0.29) is 0 Å². The van der Waals surface area contributed by atoms with Crippen LogP contribution in [0.1, 0.15) is 17.0 Å². The van der Waals surface area contributed by atoms with Gasteiger partial charge in [-0.15, -0.1) is 0 Å². The summed E-state index contributed by atoms with van der Waals surface area (Å²) in [5.41, 5.74) is 9.22. The molecule has 0 aliphatic heterocycles. The minimum atomic E-state index is 0.655. The predicted octanol–water partition coefficient (Wildman–Crippen LogP) is 0.840. The molecule has 2 aromatic rings. The second kappa shape index (κ2) is 4.31. The van der Waals surface area contributed by atoms with Crippen molar-refractivity contribution in [3.05, 3.63) is 41.5 Å². The normalized spacial score (nSPS) is 10.8. The van der Waals surface area contributed by atoms with Crippen molar-refractivity contribution in [2.75, 3.05) is 6.54 Å². The summed E-state index contributed by atoms with van der Waals surface area (Å²) >= 11 is 0. The van der Waals surface area contributed by atoms with Crippen LogP contribution in [0, 0.1) is 0 Å². The minimum absolute atomic E-state index is 0.655. The molecule has 0 unspecified atom stereocenters. The number of hydrogen-bond donors (Lipinski definition) is 2. The molecule has 2 aromatic heterocycles. The summed E-state index contributed by atoms with van der Waals surface area (Å²) in [6, 6.07) is 4.18. The first-order chi connectivity index (χ1) is 7.31. The van der Waals surface area contributed by atoms with Crippen molar-refractivity contribution in [2.24, 2.45) is 12.8 Å². The van der Waals surface area contributed by atoms with Crippen LogP contribution in [0.2, 0.25) is 0 Å². The molecule has 0 aliphatic rings. The summed E-state index contributed by atoms with van der Waals surface area (Å²) in [4.78, 5) is 0.